The average molecular weight is 385 g/mol. The van der Waals surface area contributed by atoms with E-state index in [1.165, 1.54) is 24.6 Å². The van der Waals surface area contributed by atoms with E-state index >= 15 is 0 Å². The maximum Gasteiger partial charge on any atom is 0.323 e. The van der Waals surface area contributed by atoms with Crippen LogP contribution in [0.2, 0.25) is 0 Å². The SMILES string of the molecule is CCC(C(=O)O)(c1ncco1)c1ccccc1-c1ccc(S(C)(=O)=O)cc1. The smallest absolute Gasteiger partial charge is 0.323 e. The first kappa shape index (κ1) is 18.8. The van der Waals surface area contributed by atoms with Gasteiger partial charge in [0, 0.05) is 6.26 Å². The van der Waals surface area contributed by atoms with Gasteiger partial charge in [0.25, 0.3) is 0 Å². The molecule has 0 aliphatic carbocycles. The van der Waals surface area contributed by atoms with Gasteiger partial charge in [-0.2, -0.15) is 0 Å². The summed E-state index contributed by atoms with van der Waals surface area (Å²) in [5.74, 6) is -0.953. The van der Waals surface area contributed by atoms with Crippen molar-refractivity contribution in [2.45, 2.75) is 23.7 Å². The van der Waals surface area contributed by atoms with Crippen molar-refractivity contribution >= 4 is 15.8 Å². The van der Waals surface area contributed by atoms with Gasteiger partial charge in [0.2, 0.25) is 5.89 Å². The third kappa shape index (κ3) is 3.26. The van der Waals surface area contributed by atoms with Crippen molar-refractivity contribution in [2.75, 3.05) is 6.26 Å². The van der Waals surface area contributed by atoms with Crippen LogP contribution in [0.4, 0.5) is 0 Å². The number of carboxylic acid groups (broad SMARTS) is 1. The number of aromatic nitrogens is 1. The molecule has 0 aliphatic rings. The monoisotopic (exact) mass is 385 g/mol. The lowest BCUT2D eigenvalue weighted by Gasteiger charge is -2.27. The molecule has 0 spiro atoms. The quantitative estimate of drug-likeness (QED) is 0.697. The summed E-state index contributed by atoms with van der Waals surface area (Å²) >= 11 is 0. The molecule has 6 nitrogen and oxygen atoms in total. The van der Waals surface area contributed by atoms with Crippen molar-refractivity contribution < 1.29 is 22.7 Å². The van der Waals surface area contributed by atoms with E-state index in [1.807, 2.05) is 0 Å². The van der Waals surface area contributed by atoms with Crippen molar-refractivity contribution in [3.8, 4) is 11.1 Å². The molecular weight excluding hydrogens is 366 g/mol. The molecule has 140 valence electrons. The van der Waals surface area contributed by atoms with Crippen molar-refractivity contribution in [3.63, 3.8) is 0 Å². The number of carboxylic acids is 1. The molecule has 1 unspecified atom stereocenters. The Bertz CT molecular complexity index is 1060. The molecule has 1 aromatic heterocycles. The minimum absolute atomic E-state index is 0.109. The molecule has 0 amide bonds. The second kappa shape index (κ2) is 7.00. The van der Waals surface area contributed by atoms with Gasteiger partial charge in [0.1, 0.15) is 6.26 Å². The highest BCUT2D eigenvalue weighted by Crippen LogP contribution is 2.40. The first-order chi connectivity index (χ1) is 12.8. The zero-order valence-corrected chi connectivity index (χ0v) is 15.7. The lowest BCUT2D eigenvalue weighted by Crippen LogP contribution is -2.37. The minimum atomic E-state index is -3.31. The third-order valence-electron chi connectivity index (χ3n) is 4.67. The molecular formula is C20H19NO5S. The molecule has 2 aromatic carbocycles. The van der Waals surface area contributed by atoms with E-state index in [9.17, 15) is 18.3 Å². The van der Waals surface area contributed by atoms with Gasteiger partial charge in [0.15, 0.2) is 15.3 Å². The number of hydrogen-bond acceptors (Lipinski definition) is 5. The molecule has 1 atom stereocenters. The Kier molecular flexibility index (Phi) is 4.89. The maximum atomic E-state index is 12.3. The Morgan fingerprint density at radius 2 is 1.81 bits per heavy atom. The van der Waals surface area contributed by atoms with Crippen LogP contribution in [0.15, 0.2) is 70.3 Å². The number of nitrogens with zero attached hydrogens (tertiary/aromatic N) is 1. The van der Waals surface area contributed by atoms with E-state index in [0.29, 0.717) is 16.7 Å². The summed E-state index contributed by atoms with van der Waals surface area (Å²) in [5.41, 5.74) is 0.480. The highest BCUT2D eigenvalue weighted by molar-refractivity contribution is 7.90. The molecule has 0 saturated heterocycles. The van der Waals surface area contributed by atoms with Crippen LogP contribution in [0.1, 0.15) is 24.8 Å². The van der Waals surface area contributed by atoms with Gasteiger partial charge in [-0.3, -0.25) is 4.79 Å². The van der Waals surface area contributed by atoms with Gasteiger partial charge in [-0.15, -0.1) is 0 Å². The van der Waals surface area contributed by atoms with Crippen LogP contribution in [0, 0.1) is 0 Å². The molecule has 0 aliphatic heterocycles. The molecule has 0 saturated carbocycles. The van der Waals surface area contributed by atoms with E-state index in [-0.39, 0.29) is 17.2 Å². The van der Waals surface area contributed by atoms with Crippen LogP contribution in [-0.4, -0.2) is 30.7 Å². The highest BCUT2D eigenvalue weighted by atomic mass is 32.2. The molecule has 27 heavy (non-hydrogen) atoms. The van der Waals surface area contributed by atoms with Gasteiger partial charge < -0.3 is 9.52 Å². The zero-order valence-electron chi connectivity index (χ0n) is 14.9. The van der Waals surface area contributed by atoms with E-state index in [1.54, 1.807) is 43.3 Å². The fourth-order valence-corrected chi connectivity index (χ4v) is 3.87. The summed E-state index contributed by atoms with van der Waals surface area (Å²) in [5, 5.41) is 10.1. The maximum absolute atomic E-state index is 12.3. The predicted molar refractivity (Wildman–Crippen MR) is 100 cm³/mol. The number of aliphatic carboxylic acids is 1. The highest BCUT2D eigenvalue weighted by Gasteiger charge is 2.46. The molecule has 3 aromatic rings. The Labute approximate surface area is 157 Å². The number of sulfone groups is 1. The Hall–Kier alpha value is -2.93. The normalized spacial score (nSPS) is 13.9. The topological polar surface area (TPSA) is 97.5 Å². The predicted octanol–water partition coefficient (Wildman–Crippen LogP) is 3.53. The number of oxazole rings is 1. The van der Waals surface area contributed by atoms with Crippen LogP contribution >= 0.6 is 0 Å². The molecule has 1 N–H and O–H groups in total. The molecule has 0 radical (unpaired) electrons. The minimum Gasteiger partial charge on any atom is -0.480 e. The van der Waals surface area contributed by atoms with Gasteiger partial charge in [-0.1, -0.05) is 43.3 Å². The fraction of sp³-hybridized carbons (Fsp3) is 0.200. The van der Waals surface area contributed by atoms with Crippen molar-refractivity contribution in [3.05, 3.63) is 72.4 Å². The Morgan fingerprint density at radius 3 is 2.33 bits per heavy atom. The average Bonchev–Trinajstić information content (AvgIpc) is 3.17. The lowest BCUT2D eigenvalue weighted by molar-refractivity contribution is -0.143. The van der Waals surface area contributed by atoms with Crippen molar-refractivity contribution in [2.24, 2.45) is 0 Å². The summed E-state index contributed by atoms with van der Waals surface area (Å²) in [7, 11) is -3.31. The molecule has 0 bridgehead atoms. The first-order valence-corrected chi connectivity index (χ1v) is 10.2. The van der Waals surface area contributed by atoms with E-state index in [4.69, 9.17) is 4.42 Å². The number of benzene rings is 2. The van der Waals surface area contributed by atoms with E-state index in [0.717, 1.165) is 6.26 Å². The second-order valence-corrected chi connectivity index (χ2v) is 8.26. The van der Waals surface area contributed by atoms with Crippen LogP contribution in [0.5, 0.6) is 0 Å². The Morgan fingerprint density at radius 1 is 1.15 bits per heavy atom. The second-order valence-electron chi connectivity index (χ2n) is 6.24. The van der Waals surface area contributed by atoms with Crippen LogP contribution < -0.4 is 0 Å². The molecule has 3 rings (SSSR count). The first-order valence-electron chi connectivity index (χ1n) is 8.34. The third-order valence-corrected chi connectivity index (χ3v) is 5.80. The molecule has 0 fully saturated rings. The number of hydrogen-bond donors (Lipinski definition) is 1. The zero-order chi connectivity index (χ0) is 19.7. The van der Waals surface area contributed by atoms with Crippen LogP contribution in [0.25, 0.3) is 11.1 Å². The van der Waals surface area contributed by atoms with E-state index in [2.05, 4.69) is 4.98 Å². The summed E-state index contributed by atoms with van der Waals surface area (Å²) < 4.78 is 28.8. The number of carbonyl (C=O) groups is 1. The lowest BCUT2D eigenvalue weighted by atomic mass is 9.74. The van der Waals surface area contributed by atoms with Gasteiger partial charge >= 0.3 is 5.97 Å². The van der Waals surface area contributed by atoms with Crippen molar-refractivity contribution in [1.82, 2.24) is 4.98 Å². The summed E-state index contributed by atoms with van der Waals surface area (Å²) in [4.78, 5) is 16.7. The van der Waals surface area contributed by atoms with E-state index < -0.39 is 21.2 Å². The fourth-order valence-electron chi connectivity index (χ4n) is 3.24. The summed E-state index contributed by atoms with van der Waals surface area (Å²) in [6.45, 7) is 1.77. The Balaban J connectivity index is 2.23. The van der Waals surface area contributed by atoms with Crippen molar-refractivity contribution in [1.29, 1.82) is 0 Å². The summed E-state index contributed by atoms with van der Waals surface area (Å²) in [6, 6.07) is 13.5. The van der Waals surface area contributed by atoms with Gasteiger partial charge in [-0.05, 0) is 35.2 Å². The van der Waals surface area contributed by atoms with Gasteiger partial charge in [0.05, 0.1) is 11.1 Å². The van der Waals surface area contributed by atoms with Crippen LogP contribution in [-0.2, 0) is 20.0 Å². The van der Waals surface area contributed by atoms with Crippen LogP contribution in [0.3, 0.4) is 0 Å². The largest absolute Gasteiger partial charge is 0.480 e. The standard InChI is InChI=1S/C20H19NO5S/c1-3-20(19(22)23,18-21-12-13-26-18)17-7-5-4-6-16(17)14-8-10-15(11-9-14)27(2,24)25/h4-13H,3H2,1-2H3,(H,22,23). The molecule has 1 heterocycles. The molecule has 7 heteroatoms. The number of rotatable bonds is 6. The van der Waals surface area contributed by atoms with Gasteiger partial charge in [-0.25, -0.2) is 13.4 Å². The summed E-state index contributed by atoms with van der Waals surface area (Å²) in [6.07, 6.45) is 4.16.